The number of hydrogen-bond acceptors (Lipinski definition) is 1. The fourth-order valence-electron chi connectivity index (χ4n) is 1.72. The highest BCUT2D eigenvalue weighted by Gasteiger charge is 2.11. The smallest absolute Gasteiger partial charge is 0.115 e. The number of halogens is 2. The van der Waals surface area contributed by atoms with Crippen LogP contribution in [0.3, 0.4) is 0 Å². The average molecular weight is 294 g/mol. The molecule has 17 heavy (non-hydrogen) atoms. The summed E-state index contributed by atoms with van der Waals surface area (Å²) in [5.74, 6) is 0. The SMILES string of the molecule is N[C@@H](c1ccc(CF)cc1)c1ccccc1Br. The van der Waals surface area contributed by atoms with Gasteiger partial charge in [0.25, 0.3) is 0 Å². The van der Waals surface area contributed by atoms with E-state index in [9.17, 15) is 4.39 Å². The third-order valence-corrected chi connectivity index (χ3v) is 3.46. The summed E-state index contributed by atoms with van der Waals surface area (Å²) in [4.78, 5) is 0. The molecule has 2 rings (SSSR count). The first-order chi connectivity index (χ1) is 8.22. The molecule has 0 amide bonds. The highest BCUT2D eigenvalue weighted by molar-refractivity contribution is 9.10. The van der Waals surface area contributed by atoms with E-state index in [-0.39, 0.29) is 6.04 Å². The van der Waals surface area contributed by atoms with Crippen LogP contribution in [0.15, 0.2) is 53.0 Å². The molecule has 0 fully saturated rings. The summed E-state index contributed by atoms with van der Waals surface area (Å²) in [6.07, 6.45) is 0. The number of alkyl halides is 1. The van der Waals surface area contributed by atoms with Gasteiger partial charge in [0.1, 0.15) is 6.67 Å². The van der Waals surface area contributed by atoms with E-state index in [0.717, 1.165) is 15.6 Å². The molecule has 88 valence electrons. The topological polar surface area (TPSA) is 26.0 Å². The van der Waals surface area contributed by atoms with Crippen LogP contribution in [0.2, 0.25) is 0 Å². The fourth-order valence-corrected chi connectivity index (χ4v) is 2.25. The Hall–Kier alpha value is -1.19. The molecule has 0 aliphatic carbocycles. The summed E-state index contributed by atoms with van der Waals surface area (Å²) in [6.45, 7) is -0.440. The fraction of sp³-hybridized carbons (Fsp3) is 0.143. The van der Waals surface area contributed by atoms with Crippen molar-refractivity contribution in [3.63, 3.8) is 0 Å². The Balaban J connectivity index is 2.30. The van der Waals surface area contributed by atoms with Gasteiger partial charge in [0.2, 0.25) is 0 Å². The molecule has 0 aliphatic heterocycles. The Kier molecular flexibility index (Phi) is 3.92. The first-order valence-electron chi connectivity index (χ1n) is 5.37. The lowest BCUT2D eigenvalue weighted by molar-refractivity contribution is 0.485. The van der Waals surface area contributed by atoms with Crippen LogP contribution in [0.4, 0.5) is 4.39 Å². The molecular formula is C14H13BrFN. The van der Waals surface area contributed by atoms with Crippen LogP contribution < -0.4 is 5.73 Å². The minimum absolute atomic E-state index is 0.195. The number of hydrogen-bond donors (Lipinski definition) is 1. The maximum absolute atomic E-state index is 12.4. The van der Waals surface area contributed by atoms with Gasteiger partial charge in [-0.3, -0.25) is 0 Å². The Bertz CT molecular complexity index is 496. The molecule has 2 aromatic carbocycles. The first-order valence-corrected chi connectivity index (χ1v) is 6.16. The summed E-state index contributed by atoms with van der Waals surface area (Å²) < 4.78 is 13.4. The second-order valence-corrected chi connectivity index (χ2v) is 4.73. The van der Waals surface area contributed by atoms with Crippen molar-refractivity contribution >= 4 is 15.9 Å². The van der Waals surface area contributed by atoms with Crippen molar-refractivity contribution in [2.24, 2.45) is 5.73 Å². The predicted octanol–water partition coefficient (Wildman–Crippen LogP) is 3.97. The van der Waals surface area contributed by atoms with E-state index >= 15 is 0 Å². The second-order valence-electron chi connectivity index (χ2n) is 3.87. The van der Waals surface area contributed by atoms with Gasteiger partial charge < -0.3 is 5.73 Å². The molecule has 1 atom stereocenters. The molecule has 2 aromatic rings. The zero-order valence-electron chi connectivity index (χ0n) is 9.24. The third-order valence-electron chi connectivity index (χ3n) is 2.73. The minimum Gasteiger partial charge on any atom is -0.320 e. The zero-order valence-corrected chi connectivity index (χ0v) is 10.8. The normalized spacial score (nSPS) is 12.4. The summed E-state index contributed by atoms with van der Waals surface area (Å²) >= 11 is 3.48. The number of rotatable bonds is 3. The predicted molar refractivity (Wildman–Crippen MR) is 71.4 cm³/mol. The Morgan fingerprint density at radius 3 is 2.29 bits per heavy atom. The molecule has 0 saturated heterocycles. The zero-order chi connectivity index (χ0) is 12.3. The Morgan fingerprint density at radius 1 is 1.06 bits per heavy atom. The van der Waals surface area contributed by atoms with Crippen LogP contribution in [-0.2, 0) is 6.67 Å². The van der Waals surface area contributed by atoms with Crippen LogP contribution in [-0.4, -0.2) is 0 Å². The van der Waals surface area contributed by atoms with E-state index in [2.05, 4.69) is 15.9 Å². The molecule has 0 radical (unpaired) electrons. The standard InChI is InChI=1S/C14H13BrFN/c15-13-4-2-1-3-12(13)14(17)11-7-5-10(9-16)6-8-11/h1-8,14H,9,17H2/t14-/m0/s1. The highest BCUT2D eigenvalue weighted by atomic mass is 79.9. The molecule has 0 unspecified atom stereocenters. The molecule has 0 bridgehead atoms. The molecule has 0 aromatic heterocycles. The van der Waals surface area contributed by atoms with Gasteiger partial charge in [-0.1, -0.05) is 58.4 Å². The molecule has 0 spiro atoms. The summed E-state index contributed by atoms with van der Waals surface area (Å²) in [5, 5.41) is 0. The number of benzene rings is 2. The van der Waals surface area contributed by atoms with Gasteiger partial charge in [0.05, 0.1) is 6.04 Å². The van der Waals surface area contributed by atoms with Crippen LogP contribution in [0.5, 0.6) is 0 Å². The maximum Gasteiger partial charge on any atom is 0.115 e. The van der Waals surface area contributed by atoms with Crippen molar-refractivity contribution in [3.8, 4) is 0 Å². The Labute approximate surface area is 109 Å². The van der Waals surface area contributed by atoms with Gasteiger partial charge in [0.15, 0.2) is 0 Å². The van der Waals surface area contributed by atoms with Crippen molar-refractivity contribution in [1.82, 2.24) is 0 Å². The Morgan fingerprint density at radius 2 is 1.71 bits per heavy atom. The third kappa shape index (κ3) is 2.73. The molecule has 0 saturated carbocycles. The lowest BCUT2D eigenvalue weighted by atomic mass is 9.99. The van der Waals surface area contributed by atoms with Crippen molar-refractivity contribution in [3.05, 3.63) is 69.7 Å². The minimum atomic E-state index is -0.440. The quantitative estimate of drug-likeness (QED) is 0.910. The van der Waals surface area contributed by atoms with Gasteiger partial charge in [-0.15, -0.1) is 0 Å². The molecule has 1 nitrogen and oxygen atoms in total. The van der Waals surface area contributed by atoms with Gasteiger partial charge in [-0.05, 0) is 22.8 Å². The van der Waals surface area contributed by atoms with Crippen molar-refractivity contribution in [1.29, 1.82) is 0 Å². The van der Waals surface area contributed by atoms with Gasteiger partial charge in [-0.2, -0.15) is 0 Å². The molecular weight excluding hydrogens is 281 g/mol. The van der Waals surface area contributed by atoms with Crippen LogP contribution in [0.25, 0.3) is 0 Å². The largest absolute Gasteiger partial charge is 0.320 e. The van der Waals surface area contributed by atoms with Crippen LogP contribution in [0, 0.1) is 0 Å². The maximum atomic E-state index is 12.4. The van der Waals surface area contributed by atoms with Crippen molar-refractivity contribution < 1.29 is 4.39 Å². The van der Waals surface area contributed by atoms with Crippen LogP contribution >= 0.6 is 15.9 Å². The van der Waals surface area contributed by atoms with E-state index in [4.69, 9.17) is 5.73 Å². The van der Waals surface area contributed by atoms with Crippen LogP contribution in [0.1, 0.15) is 22.7 Å². The van der Waals surface area contributed by atoms with E-state index < -0.39 is 6.67 Å². The van der Waals surface area contributed by atoms with Crippen molar-refractivity contribution in [2.75, 3.05) is 0 Å². The lowest BCUT2D eigenvalue weighted by Gasteiger charge is -2.14. The second kappa shape index (κ2) is 5.43. The van der Waals surface area contributed by atoms with Crippen molar-refractivity contribution in [2.45, 2.75) is 12.7 Å². The summed E-state index contributed by atoms with van der Waals surface area (Å²) in [6, 6.07) is 14.9. The van der Waals surface area contributed by atoms with Gasteiger partial charge >= 0.3 is 0 Å². The van der Waals surface area contributed by atoms with E-state index in [1.807, 2.05) is 36.4 Å². The average Bonchev–Trinajstić information content (AvgIpc) is 2.39. The first kappa shape index (κ1) is 12.3. The molecule has 3 heteroatoms. The lowest BCUT2D eigenvalue weighted by Crippen LogP contribution is -2.12. The highest BCUT2D eigenvalue weighted by Crippen LogP contribution is 2.26. The summed E-state index contributed by atoms with van der Waals surface area (Å²) in [5.41, 5.74) is 8.87. The summed E-state index contributed by atoms with van der Waals surface area (Å²) in [7, 11) is 0. The number of nitrogens with two attached hydrogens (primary N) is 1. The molecule has 2 N–H and O–H groups in total. The molecule has 0 aliphatic rings. The molecule has 0 heterocycles. The van der Waals surface area contributed by atoms with E-state index in [0.29, 0.717) is 5.56 Å². The van der Waals surface area contributed by atoms with Gasteiger partial charge in [0, 0.05) is 4.47 Å². The van der Waals surface area contributed by atoms with Gasteiger partial charge in [-0.25, -0.2) is 4.39 Å². The monoisotopic (exact) mass is 293 g/mol. The van der Waals surface area contributed by atoms with E-state index in [1.165, 1.54) is 0 Å². The van der Waals surface area contributed by atoms with E-state index in [1.54, 1.807) is 12.1 Å².